The molecule has 2 aromatic rings. The van der Waals surface area contributed by atoms with Crippen molar-refractivity contribution in [3.8, 4) is 17.2 Å². The van der Waals surface area contributed by atoms with Crippen LogP contribution in [0.25, 0.3) is 0 Å². The molecule has 0 aliphatic heterocycles. The molecule has 0 aromatic heterocycles. The van der Waals surface area contributed by atoms with Crippen molar-refractivity contribution in [2.45, 2.75) is 6.92 Å². The molecule has 1 amide bonds. The van der Waals surface area contributed by atoms with Crippen LogP contribution in [0.3, 0.4) is 0 Å². The third kappa shape index (κ3) is 6.82. The van der Waals surface area contributed by atoms with Crippen molar-refractivity contribution in [1.29, 1.82) is 0 Å². The maximum atomic E-state index is 11.6. The highest BCUT2D eigenvalue weighted by Gasteiger charge is 2.07. The van der Waals surface area contributed by atoms with Crippen molar-refractivity contribution in [2.75, 3.05) is 24.7 Å². The Bertz CT molecular complexity index is 802. The zero-order valence-corrected chi connectivity index (χ0v) is 14.8. The molecule has 0 bridgehead atoms. The third-order valence-electron chi connectivity index (χ3n) is 3.00. The number of anilines is 1. The minimum Gasteiger partial charge on any atom is -0.494 e. The molecule has 0 aliphatic rings. The van der Waals surface area contributed by atoms with Crippen LogP contribution in [-0.4, -0.2) is 33.7 Å². The number of sulfonamides is 1. The van der Waals surface area contributed by atoms with Gasteiger partial charge in [0.2, 0.25) is 15.9 Å². The second kappa shape index (κ2) is 8.50. The van der Waals surface area contributed by atoms with Crippen LogP contribution in [0.2, 0.25) is 0 Å². The summed E-state index contributed by atoms with van der Waals surface area (Å²) in [6.07, 6.45) is 0.993. The van der Waals surface area contributed by atoms with Gasteiger partial charge in [-0.1, -0.05) is 0 Å². The molecular formula is C17H20N2O5S. The van der Waals surface area contributed by atoms with Crippen LogP contribution in [0.15, 0.2) is 48.5 Å². The molecule has 0 spiro atoms. The van der Waals surface area contributed by atoms with Gasteiger partial charge in [0.05, 0.1) is 19.4 Å². The highest BCUT2D eigenvalue weighted by atomic mass is 32.2. The van der Waals surface area contributed by atoms with Crippen molar-refractivity contribution in [2.24, 2.45) is 0 Å². The number of amides is 1. The van der Waals surface area contributed by atoms with E-state index in [9.17, 15) is 13.2 Å². The van der Waals surface area contributed by atoms with Gasteiger partial charge in [0.1, 0.15) is 17.2 Å². The Labute approximate surface area is 147 Å². The van der Waals surface area contributed by atoms with Crippen LogP contribution < -0.4 is 19.5 Å². The maximum absolute atomic E-state index is 11.6. The van der Waals surface area contributed by atoms with Crippen molar-refractivity contribution in [3.63, 3.8) is 0 Å². The normalized spacial score (nSPS) is 11.0. The summed E-state index contributed by atoms with van der Waals surface area (Å²) in [6.45, 7) is 2.21. The van der Waals surface area contributed by atoms with Crippen LogP contribution in [-0.2, 0) is 14.8 Å². The molecule has 0 saturated carbocycles. The monoisotopic (exact) mass is 364 g/mol. The van der Waals surface area contributed by atoms with E-state index in [-0.39, 0.29) is 6.54 Å². The molecule has 0 saturated heterocycles. The molecule has 2 rings (SSSR count). The van der Waals surface area contributed by atoms with E-state index in [1.165, 1.54) is 0 Å². The Kier molecular flexibility index (Phi) is 6.37. The summed E-state index contributed by atoms with van der Waals surface area (Å²) in [7, 11) is -3.40. The first-order valence-corrected chi connectivity index (χ1v) is 9.50. The Morgan fingerprint density at radius 2 is 1.48 bits per heavy atom. The van der Waals surface area contributed by atoms with Crippen molar-refractivity contribution >= 4 is 21.6 Å². The first-order chi connectivity index (χ1) is 11.9. The number of ether oxygens (including phenoxy) is 2. The van der Waals surface area contributed by atoms with Gasteiger partial charge in [0.15, 0.2) is 0 Å². The van der Waals surface area contributed by atoms with Gasteiger partial charge in [-0.2, -0.15) is 0 Å². The van der Waals surface area contributed by atoms with Gasteiger partial charge < -0.3 is 14.8 Å². The number of carbonyl (C=O) groups excluding carboxylic acids is 1. The van der Waals surface area contributed by atoms with Gasteiger partial charge >= 0.3 is 0 Å². The second-order valence-electron chi connectivity index (χ2n) is 5.17. The largest absolute Gasteiger partial charge is 0.494 e. The molecule has 0 radical (unpaired) electrons. The predicted octanol–water partition coefficient (Wildman–Crippen LogP) is 2.37. The zero-order valence-electron chi connectivity index (χ0n) is 14.0. The lowest BCUT2D eigenvalue weighted by Gasteiger charge is -2.09. The lowest BCUT2D eigenvalue weighted by atomic mass is 10.3. The summed E-state index contributed by atoms with van der Waals surface area (Å²) in [5.74, 6) is 1.59. The summed E-state index contributed by atoms with van der Waals surface area (Å²) in [5, 5.41) is 2.59. The second-order valence-corrected chi connectivity index (χ2v) is 7.01. The fraction of sp³-hybridized carbons (Fsp3) is 0.235. The molecule has 2 aromatic carbocycles. The van der Waals surface area contributed by atoms with E-state index in [1.807, 2.05) is 19.1 Å². The fourth-order valence-electron chi connectivity index (χ4n) is 1.91. The molecule has 0 atom stereocenters. The molecule has 0 aliphatic carbocycles. The first-order valence-electron chi connectivity index (χ1n) is 7.61. The average molecular weight is 364 g/mol. The van der Waals surface area contributed by atoms with Gasteiger partial charge in [-0.05, 0) is 55.5 Å². The van der Waals surface area contributed by atoms with E-state index < -0.39 is 15.9 Å². The minimum absolute atomic E-state index is 0.316. The van der Waals surface area contributed by atoms with Crippen LogP contribution in [0.1, 0.15) is 6.92 Å². The average Bonchev–Trinajstić information content (AvgIpc) is 2.56. The van der Waals surface area contributed by atoms with Gasteiger partial charge in [-0.3, -0.25) is 4.79 Å². The summed E-state index contributed by atoms with van der Waals surface area (Å²) in [5.41, 5.74) is 0.541. The zero-order chi connectivity index (χ0) is 18.3. The quantitative estimate of drug-likeness (QED) is 0.750. The molecule has 2 N–H and O–H groups in total. The Hall–Kier alpha value is -2.58. The Balaban J connectivity index is 1.89. The lowest BCUT2D eigenvalue weighted by molar-refractivity contribution is -0.115. The topological polar surface area (TPSA) is 93.7 Å². The molecule has 8 heteroatoms. The third-order valence-corrected chi connectivity index (χ3v) is 3.67. The SMILES string of the molecule is CCOc1ccc(Oc2ccc(NC(=O)CNS(C)(=O)=O)cc2)cc1. The molecule has 25 heavy (non-hydrogen) atoms. The van der Waals surface area contributed by atoms with E-state index in [1.54, 1.807) is 36.4 Å². The number of carbonyl (C=O) groups is 1. The highest BCUT2D eigenvalue weighted by Crippen LogP contribution is 2.25. The number of hydrogen-bond donors (Lipinski definition) is 2. The van der Waals surface area contributed by atoms with Crippen LogP contribution in [0.4, 0.5) is 5.69 Å². The minimum atomic E-state index is -3.40. The highest BCUT2D eigenvalue weighted by molar-refractivity contribution is 7.88. The molecule has 0 unspecified atom stereocenters. The van der Waals surface area contributed by atoms with Crippen molar-refractivity contribution in [1.82, 2.24) is 4.72 Å². The van der Waals surface area contributed by atoms with Crippen LogP contribution >= 0.6 is 0 Å². The van der Waals surface area contributed by atoms with Crippen molar-refractivity contribution in [3.05, 3.63) is 48.5 Å². The van der Waals surface area contributed by atoms with Gasteiger partial charge in [-0.15, -0.1) is 0 Å². The molecule has 0 heterocycles. The Morgan fingerprint density at radius 3 is 2.00 bits per heavy atom. The van der Waals surface area contributed by atoms with E-state index in [0.29, 0.717) is 23.8 Å². The number of hydrogen-bond acceptors (Lipinski definition) is 5. The molecule has 0 fully saturated rings. The first kappa shape index (κ1) is 18.8. The Morgan fingerprint density at radius 1 is 0.960 bits per heavy atom. The maximum Gasteiger partial charge on any atom is 0.239 e. The fourth-order valence-corrected chi connectivity index (χ4v) is 2.31. The van der Waals surface area contributed by atoms with Gasteiger partial charge in [0.25, 0.3) is 0 Å². The van der Waals surface area contributed by atoms with E-state index in [2.05, 4.69) is 10.0 Å². The van der Waals surface area contributed by atoms with E-state index in [4.69, 9.17) is 9.47 Å². The van der Waals surface area contributed by atoms with Gasteiger partial charge in [-0.25, -0.2) is 13.1 Å². The van der Waals surface area contributed by atoms with Crippen molar-refractivity contribution < 1.29 is 22.7 Å². The molecule has 134 valence electrons. The van der Waals surface area contributed by atoms with E-state index >= 15 is 0 Å². The molecule has 7 nitrogen and oxygen atoms in total. The number of nitrogens with one attached hydrogen (secondary N) is 2. The summed E-state index contributed by atoms with van der Waals surface area (Å²) in [4.78, 5) is 11.6. The summed E-state index contributed by atoms with van der Waals surface area (Å²) >= 11 is 0. The van der Waals surface area contributed by atoms with E-state index in [0.717, 1.165) is 12.0 Å². The number of benzene rings is 2. The van der Waals surface area contributed by atoms with Crippen LogP contribution in [0.5, 0.6) is 17.2 Å². The summed E-state index contributed by atoms with van der Waals surface area (Å²) in [6, 6.07) is 14.0. The number of rotatable bonds is 8. The van der Waals surface area contributed by atoms with Crippen LogP contribution in [0, 0.1) is 0 Å². The molecular weight excluding hydrogens is 344 g/mol. The van der Waals surface area contributed by atoms with Gasteiger partial charge in [0, 0.05) is 5.69 Å². The lowest BCUT2D eigenvalue weighted by Crippen LogP contribution is -2.32. The smallest absolute Gasteiger partial charge is 0.239 e. The summed E-state index contributed by atoms with van der Waals surface area (Å²) < 4.78 is 35.1. The predicted molar refractivity (Wildman–Crippen MR) is 95.6 cm³/mol. The standard InChI is InChI=1S/C17H20N2O5S/c1-3-23-14-8-10-16(11-9-14)24-15-6-4-13(5-7-15)19-17(20)12-18-25(2,21)22/h4-11,18H,3,12H2,1-2H3,(H,19,20).